The molecule has 0 spiro atoms. The molecular weight excluding hydrogens is 324 g/mol. The molecular formula is C22H22N2O2. The van der Waals surface area contributed by atoms with Crippen LogP contribution in [0, 0.1) is 0 Å². The van der Waals surface area contributed by atoms with E-state index in [4.69, 9.17) is 4.74 Å². The summed E-state index contributed by atoms with van der Waals surface area (Å²) in [6.07, 6.45) is 0. The van der Waals surface area contributed by atoms with E-state index in [1.54, 1.807) is 0 Å². The molecule has 3 aromatic rings. The van der Waals surface area contributed by atoms with E-state index in [1.165, 1.54) is 16.3 Å². The first-order valence-corrected chi connectivity index (χ1v) is 8.99. The molecule has 4 heteroatoms. The fraction of sp³-hybridized carbons (Fsp3) is 0.227. The number of carbonyl (C=O) groups is 1. The Kier molecular flexibility index (Phi) is 4.84. The second-order valence-electron chi connectivity index (χ2n) is 6.48. The lowest BCUT2D eigenvalue weighted by molar-refractivity contribution is 0.0303. The summed E-state index contributed by atoms with van der Waals surface area (Å²) in [6.45, 7) is 3.27. The van der Waals surface area contributed by atoms with E-state index in [0.29, 0.717) is 26.3 Å². The molecule has 0 bridgehead atoms. The molecule has 1 aliphatic rings. The summed E-state index contributed by atoms with van der Waals surface area (Å²) in [5.74, 6) is 0.0714. The molecule has 1 aliphatic heterocycles. The van der Waals surface area contributed by atoms with Crippen molar-refractivity contribution in [1.29, 1.82) is 0 Å². The summed E-state index contributed by atoms with van der Waals surface area (Å²) in [5, 5.41) is 5.95. The van der Waals surface area contributed by atoms with Gasteiger partial charge in [0, 0.05) is 30.9 Å². The van der Waals surface area contributed by atoms with Crippen molar-refractivity contribution in [2.45, 2.75) is 6.54 Å². The number of morpholine rings is 1. The summed E-state index contributed by atoms with van der Waals surface area (Å²) in [7, 11) is 0. The van der Waals surface area contributed by atoms with Crippen LogP contribution in [0.25, 0.3) is 10.8 Å². The predicted octanol–water partition coefficient (Wildman–Crippen LogP) is 3.92. The molecule has 1 amide bonds. The number of nitrogens with zero attached hydrogens (tertiary/aromatic N) is 1. The molecule has 4 nitrogen and oxygen atoms in total. The van der Waals surface area contributed by atoms with Crippen molar-refractivity contribution < 1.29 is 9.53 Å². The number of benzene rings is 3. The van der Waals surface area contributed by atoms with Crippen LogP contribution in [0.4, 0.5) is 5.69 Å². The fourth-order valence-corrected chi connectivity index (χ4v) is 3.36. The van der Waals surface area contributed by atoms with Gasteiger partial charge in [0.1, 0.15) is 0 Å². The first-order chi connectivity index (χ1) is 12.8. The van der Waals surface area contributed by atoms with Crippen LogP contribution >= 0.6 is 0 Å². The molecule has 0 atom stereocenters. The molecule has 4 rings (SSSR count). The van der Waals surface area contributed by atoms with Gasteiger partial charge in [-0.25, -0.2) is 0 Å². The maximum absolute atomic E-state index is 12.6. The third-order valence-electron chi connectivity index (χ3n) is 4.77. The predicted molar refractivity (Wildman–Crippen MR) is 104 cm³/mol. The molecule has 1 N–H and O–H groups in total. The van der Waals surface area contributed by atoms with Crippen LogP contribution in [-0.2, 0) is 11.3 Å². The first kappa shape index (κ1) is 16.6. The highest BCUT2D eigenvalue weighted by Gasteiger charge is 2.18. The van der Waals surface area contributed by atoms with Gasteiger partial charge in [0.05, 0.1) is 13.2 Å². The van der Waals surface area contributed by atoms with E-state index < -0.39 is 0 Å². The van der Waals surface area contributed by atoms with Gasteiger partial charge < -0.3 is 15.0 Å². The molecule has 0 aliphatic carbocycles. The Morgan fingerprint density at radius 1 is 0.962 bits per heavy atom. The lowest BCUT2D eigenvalue weighted by atomic mass is 10.0. The van der Waals surface area contributed by atoms with Gasteiger partial charge in [0.25, 0.3) is 5.91 Å². The number of carbonyl (C=O) groups excluding carboxylic acids is 1. The summed E-state index contributed by atoms with van der Waals surface area (Å²) in [5.41, 5.74) is 2.92. The molecule has 1 saturated heterocycles. The van der Waals surface area contributed by atoms with Crippen molar-refractivity contribution in [2.75, 3.05) is 31.6 Å². The molecule has 0 unspecified atom stereocenters. The van der Waals surface area contributed by atoms with Crippen molar-refractivity contribution in [3.8, 4) is 0 Å². The molecule has 132 valence electrons. The van der Waals surface area contributed by atoms with Crippen molar-refractivity contribution in [3.05, 3.63) is 77.9 Å². The molecule has 0 saturated carbocycles. The second-order valence-corrected chi connectivity index (χ2v) is 6.48. The minimum absolute atomic E-state index is 0.0714. The number of fused-ring (bicyclic) bond motifs is 1. The van der Waals surface area contributed by atoms with Crippen molar-refractivity contribution >= 4 is 22.4 Å². The number of hydrogen-bond donors (Lipinski definition) is 1. The molecule has 3 aromatic carbocycles. The van der Waals surface area contributed by atoms with Crippen molar-refractivity contribution in [1.82, 2.24) is 4.90 Å². The topological polar surface area (TPSA) is 41.6 Å². The zero-order chi connectivity index (χ0) is 17.8. The van der Waals surface area contributed by atoms with E-state index in [0.717, 1.165) is 17.8 Å². The minimum Gasteiger partial charge on any atom is -0.381 e. The zero-order valence-electron chi connectivity index (χ0n) is 14.7. The number of amides is 1. The Balaban J connectivity index is 1.49. The average Bonchev–Trinajstić information content (AvgIpc) is 2.72. The zero-order valence-corrected chi connectivity index (χ0v) is 14.7. The van der Waals surface area contributed by atoms with Crippen molar-refractivity contribution in [3.63, 3.8) is 0 Å². The quantitative estimate of drug-likeness (QED) is 0.778. The van der Waals surface area contributed by atoms with E-state index >= 15 is 0 Å². The van der Waals surface area contributed by atoms with Gasteiger partial charge in [-0.05, 0) is 34.5 Å². The standard InChI is InChI=1S/C22H22N2O2/c25-22(24-11-13-26-14-12-24)18-7-4-9-20(15-18)23-16-19-8-3-6-17-5-1-2-10-21(17)19/h1-10,15,23H,11-14,16H2. The van der Waals surface area contributed by atoms with Gasteiger partial charge in [0.2, 0.25) is 0 Å². The number of nitrogens with one attached hydrogen (secondary N) is 1. The average molecular weight is 346 g/mol. The number of rotatable bonds is 4. The Hall–Kier alpha value is -2.85. The SMILES string of the molecule is O=C(c1cccc(NCc2cccc3ccccc23)c1)N1CCOCC1. The fourth-order valence-electron chi connectivity index (χ4n) is 3.36. The van der Waals surface area contributed by atoms with Gasteiger partial charge in [-0.15, -0.1) is 0 Å². The number of hydrogen-bond acceptors (Lipinski definition) is 3. The van der Waals surface area contributed by atoms with Crippen LogP contribution in [0.2, 0.25) is 0 Å². The number of ether oxygens (including phenoxy) is 1. The minimum atomic E-state index is 0.0714. The maximum atomic E-state index is 12.6. The highest BCUT2D eigenvalue weighted by atomic mass is 16.5. The lowest BCUT2D eigenvalue weighted by Gasteiger charge is -2.27. The third kappa shape index (κ3) is 3.55. The largest absolute Gasteiger partial charge is 0.381 e. The summed E-state index contributed by atoms with van der Waals surface area (Å²) >= 11 is 0. The van der Waals surface area contributed by atoms with E-state index in [9.17, 15) is 4.79 Å². The normalized spacial score (nSPS) is 14.4. The van der Waals surface area contributed by atoms with Crippen LogP contribution < -0.4 is 5.32 Å². The van der Waals surface area contributed by atoms with Gasteiger partial charge in [-0.2, -0.15) is 0 Å². The van der Waals surface area contributed by atoms with Gasteiger partial charge in [-0.3, -0.25) is 4.79 Å². The highest BCUT2D eigenvalue weighted by Crippen LogP contribution is 2.20. The van der Waals surface area contributed by atoms with Crippen LogP contribution in [0.5, 0.6) is 0 Å². The highest BCUT2D eigenvalue weighted by molar-refractivity contribution is 5.95. The van der Waals surface area contributed by atoms with Crippen LogP contribution in [0.3, 0.4) is 0 Å². The summed E-state index contributed by atoms with van der Waals surface area (Å²) < 4.78 is 5.33. The molecule has 26 heavy (non-hydrogen) atoms. The van der Waals surface area contributed by atoms with Crippen LogP contribution in [-0.4, -0.2) is 37.1 Å². The van der Waals surface area contributed by atoms with E-state index in [2.05, 4.69) is 47.8 Å². The lowest BCUT2D eigenvalue weighted by Crippen LogP contribution is -2.40. The van der Waals surface area contributed by atoms with Gasteiger partial charge in [0.15, 0.2) is 0 Å². The number of anilines is 1. The Morgan fingerprint density at radius 2 is 1.73 bits per heavy atom. The maximum Gasteiger partial charge on any atom is 0.254 e. The van der Waals surface area contributed by atoms with Gasteiger partial charge in [-0.1, -0.05) is 48.5 Å². The molecule has 1 heterocycles. The van der Waals surface area contributed by atoms with Crippen LogP contribution in [0.15, 0.2) is 66.7 Å². The first-order valence-electron chi connectivity index (χ1n) is 8.99. The summed E-state index contributed by atoms with van der Waals surface area (Å²) in [4.78, 5) is 14.5. The second kappa shape index (κ2) is 7.58. The Labute approximate surface area is 153 Å². The Bertz CT molecular complexity index is 911. The van der Waals surface area contributed by atoms with Gasteiger partial charge >= 0.3 is 0 Å². The molecule has 1 fully saturated rings. The smallest absolute Gasteiger partial charge is 0.254 e. The monoisotopic (exact) mass is 346 g/mol. The molecule has 0 aromatic heterocycles. The van der Waals surface area contributed by atoms with E-state index in [-0.39, 0.29) is 5.91 Å². The summed E-state index contributed by atoms with van der Waals surface area (Å²) in [6, 6.07) is 22.5. The van der Waals surface area contributed by atoms with Crippen LogP contribution in [0.1, 0.15) is 15.9 Å². The third-order valence-corrected chi connectivity index (χ3v) is 4.77. The molecule has 0 radical (unpaired) electrons. The van der Waals surface area contributed by atoms with Crippen molar-refractivity contribution in [2.24, 2.45) is 0 Å². The Morgan fingerprint density at radius 3 is 2.62 bits per heavy atom. The van der Waals surface area contributed by atoms with E-state index in [1.807, 2.05) is 29.2 Å².